The number of hydrogen-bond donors (Lipinski definition) is 0. The van der Waals surface area contributed by atoms with Crippen LogP contribution in [0.25, 0.3) is 0 Å². The summed E-state index contributed by atoms with van der Waals surface area (Å²) in [6.07, 6.45) is -1.33. The summed E-state index contributed by atoms with van der Waals surface area (Å²) < 4.78 is 69.2. The van der Waals surface area contributed by atoms with Gasteiger partial charge in [-0.15, -0.1) is 0 Å². The SMILES string of the molecule is CC(C)(Oc1cc(C(=O)OC2C3CC4C2OC(=O)C4C3C(=O)OCCS(=O)(=O)[O-])ccc1F)c1ccccc1. The van der Waals surface area contributed by atoms with E-state index in [0.29, 0.717) is 6.42 Å². The van der Waals surface area contributed by atoms with Gasteiger partial charge < -0.3 is 23.5 Å². The van der Waals surface area contributed by atoms with Crippen LogP contribution in [0.2, 0.25) is 0 Å². The molecule has 3 aliphatic rings. The smallest absolute Gasteiger partial charge is 0.338 e. The standard InChI is InChI=1S/C27H27FO10S/c1-27(2,15-6-4-3-5-7-15)38-19-12-14(8-9-18(19)28)24(29)36-22-16-13-17-21(26(31)37-23(17)22)20(16)25(30)35-10-11-39(32,33)34/h3-9,12,16-17,20-23H,10-11,13H2,1-2H3,(H,32,33,34)/p-1. The third kappa shape index (κ3) is 5.22. The normalized spacial score (nSPS) is 27.2. The number of hydrogen-bond acceptors (Lipinski definition) is 10. The summed E-state index contributed by atoms with van der Waals surface area (Å²) in [4.78, 5) is 38.4. The summed E-state index contributed by atoms with van der Waals surface area (Å²) in [6.45, 7) is 2.88. The summed E-state index contributed by atoms with van der Waals surface area (Å²) in [6, 6.07) is 12.7. The van der Waals surface area contributed by atoms with Crippen molar-refractivity contribution in [2.24, 2.45) is 23.7 Å². The van der Waals surface area contributed by atoms with Gasteiger partial charge in [0.1, 0.15) is 24.4 Å². The Balaban J connectivity index is 1.31. The number of halogens is 1. The van der Waals surface area contributed by atoms with E-state index in [4.69, 9.17) is 18.9 Å². The van der Waals surface area contributed by atoms with E-state index in [2.05, 4.69) is 0 Å². The molecule has 0 N–H and O–H groups in total. The molecule has 0 spiro atoms. The van der Waals surface area contributed by atoms with Gasteiger partial charge in [-0.05, 0) is 44.0 Å². The van der Waals surface area contributed by atoms with Crippen LogP contribution in [0.5, 0.6) is 5.75 Å². The minimum absolute atomic E-state index is 0.00122. The third-order valence-electron chi connectivity index (χ3n) is 7.64. The molecule has 1 aliphatic heterocycles. The zero-order valence-electron chi connectivity index (χ0n) is 21.1. The van der Waals surface area contributed by atoms with Gasteiger partial charge in [0.2, 0.25) is 0 Å². The Morgan fingerprint density at radius 2 is 1.85 bits per heavy atom. The molecule has 0 aromatic heterocycles. The highest BCUT2D eigenvalue weighted by Gasteiger charge is 2.70. The van der Waals surface area contributed by atoms with E-state index in [0.717, 1.165) is 11.6 Å². The van der Waals surface area contributed by atoms with Gasteiger partial charge in [0, 0.05) is 11.8 Å². The molecular formula is C27H26FO10S-. The molecule has 12 heteroatoms. The van der Waals surface area contributed by atoms with E-state index >= 15 is 0 Å². The minimum Gasteiger partial charge on any atom is -0.748 e. The Kier molecular flexibility index (Phi) is 6.88. The van der Waals surface area contributed by atoms with Crippen LogP contribution in [0.3, 0.4) is 0 Å². The zero-order chi connectivity index (χ0) is 28.1. The Labute approximate surface area is 224 Å². The van der Waals surface area contributed by atoms with E-state index in [-0.39, 0.29) is 17.2 Å². The highest BCUT2D eigenvalue weighted by Crippen LogP contribution is 2.59. The van der Waals surface area contributed by atoms with Gasteiger partial charge in [0.25, 0.3) is 0 Å². The molecule has 5 rings (SSSR count). The number of carbonyl (C=O) groups is 3. The van der Waals surface area contributed by atoms with Crippen molar-refractivity contribution >= 4 is 28.0 Å². The molecule has 10 nitrogen and oxygen atoms in total. The van der Waals surface area contributed by atoms with Gasteiger partial charge in [0.05, 0.1) is 33.3 Å². The van der Waals surface area contributed by atoms with Crippen molar-refractivity contribution in [3.63, 3.8) is 0 Å². The number of carbonyl (C=O) groups excluding carboxylic acids is 3. The summed E-state index contributed by atoms with van der Waals surface area (Å²) >= 11 is 0. The molecule has 6 atom stereocenters. The monoisotopic (exact) mass is 561 g/mol. The lowest BCUT2D eigenvalue weighted by atomic mass is 9.78. The first-order chi connectivity index (χ1) is 18.4. The number of ether oxygens (including phenoxy) is 4. The van der Waals surface area contributed by atoms with Crippen LogP contribution in [-0.4, -0.2) is 55.4 Å². The van der Waals surface area contributed by atoms with E-state index in [1.54, 1.807) is 13.8 Å². The van der Waals surface area contributed by atoms with Crippen molar-refractivity contribution in [1.29, 1.82) is 0 Å². The topological polar surface area (TPSA) is 145 Å². The highest BCUT2D eigenvalue weighted by molar-refractivity contribution is 7.85. The lowest BCUT2D eigenvalue weighted by Gasteiger charge is -2.30. The lowest BCUT2D eigenvalue weighted by molar-refractivity contribution is -0.155. The fraction of sp³-hybridized carbons (Fsp3) is 0.444. The first-order valence-corrected chi connectivity index (χ1v) is 14.0. The molecule has 6 unspecified atom stereocenters. The van der Waals surface area contributed by atoms with Gasteiger partial charge in [-0.25, -0.2) is 17.6 Å². The zero-order valence-corrected chi connectivity index (χ0v) is 21.9. The van der Waals surface area contributed by atoms with Gasteiger partial charge in [-0.3, -0.25) is 9.59 Å². The van der Waals surface area contributed by atoms with Crippen molar-refractivity contribution < 1.29 is 50.7 Å². The quantitative estimate of drug-likeness (QED) is 0.254. The summed E-state index contributed by atoms with van der Waals surface area (Å²) in [5, 5.41) is 0. The maximum Gasteiger partial charge on any atom is 0.338 e. The molecule has 2 aliphatic carbocycles. The summed E-state index contributed by atoms with van der Waals surface area (Å²) in [5.41, 5.74) is -0.122. The Morgan fingerprint density at radius 1 is 1.13 bits per heavy atom. The Hall–Kier alpha value is -3.51. The van der Waals surface area contributed by atoms with Gasteiger partial charge in [-0.2, -0.15) is 0 Å². The second-order valence-electron chi connectivity index (χ2n) is 10.4. The van der Waals surface area contributed by atoms with E-state index in [1.807, 2.05) is 30.3 Å². The van der Waals surface area contributed by atoms with Crippen molar-refractivity contribution in [1.82, 2.24) is 0 Å². The summed E-state index contributed by atoms with van der Waals surface area (Å²) in [7, 11) is -4.59. The number of esters is 3. The predicted molar refractivity (Wildman–Crippen MR) is 130 cm³/mol. The molecular weight excluding hydrogens is 535 g/mol. The molecule has 208 valence electrons. The molecule has 1 saturated heterocycles. The maximum atomic E-state index is 14.6. The van der Waals surface area contributed by atoms with Crippen molar-refractivity contribution in [2.45, 2.75) is 38.1 Å². The second kappa shape index (κ2) is 9.91. The fourth-order valence-electron chi connectivity index (χ4n) is 5.88. The van der Waals surface area contributed by atoms with Crippen LogP contribution in [0.1, 0.15) is 36.2 Å². The van der Waals surface area contributed by atoms with E-state index < -0.39 is 81.8 Å². The highest BCUT2D eigenvalue weighted by atomic mass is 32.2. The summed E-state index contributed by atoms with van der Waals surface area (Å²) in [5.74, 6) is -6.81. The Bertz CT molecular complexity index is 1410. The molecule has 0 radical (unpaired) electrons. The van der Waals surface area contributed by atoms with Crippen molar-refractivity contribution in [3.8, 4) is 5.75 Å². The van der Waals surface area contributed by atoms with Crippen LogP contribution in [0, 0.1) is 29.5 Å². The van der Waals surface area contributed by atoms with Crippen LogP contribution in [0.15, 0.2) is 48.5 Å². The van der Waals surface area contributed by atoms with Crippen LogP contribution in [-0.2, 0) is 39.5 Å². The lowest BCUT2D eigenvalue weighted by Crippen LogP contribution is -2.44. The molecule has 2 aromatic carbocycles. The fourth-order valence-corrected chi connectivity index (χ4v) is 6.17. The Morgan fingerprint density at radius 3 is 2.54 bits per heavy atom. The maximum absolute atomic E-state index is 14.6. The molecule has 39 heavy (non-hydrogen) atoms. The molecule has 3 fully saturated rings. The largest absolute Gasteiger partial charge is 0.748 e. The van der Waals surface area contributed by atoms with Gasteiger partial charge in [-0.1, -0.05) is 30.3 Å². The second-order valence-corrected chi connectivity index (χ2v) is 12.0. The minimum atomic E-state index is -4.59. The molecule has 0 amide bonds. The first kappa shape index (κ1) is 27.1. The number of fused-ring (bicyclic) bond motifs is 1. The number of benzene rings is 2. The molecule has 2 saturated carbocycles. The molecule has 2 aromatic rings. The van der Waals surface area contributed by atoms with Crippen molar-refractivity contribution in [2.75, 3.05) is 12.4 Å². The van der Waals surface area contributed by atoms with Crippen molar-refractivity contribution in [3.05, 3.63) is 65.5 Å². The van der Waals surface area contributed by atoms with Crippen LogP contribution in [0.4, 0.5) is 4.39 Å². The predicted octanol–water partition coefficient (Wildman–Crippen LogP) is 2.56. The average Bonchev–Trinajstić information content (AvgIpc) is 3.49. The van der Waals surface area contributed by atoms with Gasteiger partial charge >= 0.3 is 17.9 Å². The van der Waals surface area contributed by atoms with Crippen LogP contribution < -0.4 is 4.74 Å². The van der Waals surface area contributed by atoms with E-state index in [9.17, 15) is 31.7 Å². The van der Waals surface area contributed by atoms with Crippen LogP contribution >= 0.6 is 0 Å². The number of rotatable bonds is 9. The van der Waals surface area contributed by atoms with E-state index in [1.165, 1.54) is 12.1 Å². The van der Waals surface area contributed by atoms with Gasteiger partial charge in [0.15, 0.2) is 11.6 Å². The average molecular weight is 562 g/mol. The third-order valence-corrected chi connectivity index (χ3v) is 8.31. The molecule has 2 bridgehead atoms. The first-order valence-electron chi connectivity index (χ1n) is 12.4. The molecule has 1 heterocycles.